The maximum absolute atomic E-state index is 11.6. The molecule has 0 radical (unpaired) electrons. The molecule has 0 bridgehead atoms. The third-order valence-electron chi connectivity index (χ3n) is 2.58. The highest BCUT2D eigenvalue weighted by Crippen LogP contribution is 2.28. The van der Waals surface area contributed by atoms with Crippen molar-refractivity contribution >= 4 is 23.5 Å². The minimum atomic E-state index is -0.887. The zero-order valence-corrected chi connectivity index (χ0v) is 12.2. The summed E-state index contributed by atoms with van der Waals surface area (Å²) in [5.74, 6) is -0.282. The third kappa shape index (κ3) is 4.40. The number of hydrogen-bond donors (Lipinski definition) is 3. The van der Waals surface area contributed by atoms with E-state index in [4.69, 9.17) is 16.3 Å². The lowest BCUT2D eigenvalue weighted by molar-refractivity contribution is -0.126. The number of imide groups is 1. The average Bonchev–Trinajstić information content (AvgIpc) is 2.40. The summed E-state index contributed by atoms with van der Waals surface area (Å²) in [4.78, 5) is 22.6. The van der Waals surface area contributed by atoms with E-state index in [1.165, 1.54) is 14.0 Å². The Balaban J connectivity index is 2.73. The van der Waals surface area contributed by atoms with E-state index in [2.05, 4.69) is 10.6 Å². The maximum Gasteiger partial charge on any atom is 0.321 e. The van der Waals surface area contributed by atoms with Crippen molar-refractivity contribution in [2.75, 3.05) is 7.05 Å². The summed E-state index contributed by atoms with van der Waals surface area (Å²) in [6.07, 6.45) is -1.53. The number of carbonyl (C=O) groups is 2. The third-order valence-corrected chi connectivity index (χ3v) is 2.87. The van der Waals surface area contributed by atoms with Crippen LogP contribution in [0.2, 0.25) is 5.02 Å². The van der Waals surface area contributed by atoms with Crippen LogP contribution in [0.3, 0.4) is 0 Å². The highest BCUT2D eigenvalue weighted by Gasteiger charge is 2.18. The van der Waals surface area contributed by atoms with Crippen LogP contribution in [0.25, 0.3) is 0 Å². The Labute approximate surface area is 122 Å². The number of hydrogen-bond acceptors (Lipinski definition) is 4. The van der Waals surface area contributed by atoms with Crippen LogP contribution in [-0.4, -0.2) is 30.2 Å². The number of ether oxygens (including phenoxy) is 1. The van der Waals surface area contributed by atoms with Crippen LogP contribution in [-0.2, 0) is 4.79 Å². The first-order valence-corrected chi connectivity index (χ1v) is 6.39. The summed E-state index contributed by atoms with van der Waals surface area (Å²) in [5, 5.41) is 14.1. The largest absolute Gasteiger partial charge is 0.479 e. The van der Waals surface area contributed by atoms with E-state index in [9.17, 15) is 14.7 Å². The molecule has 110 valence electrons. The molecular formula is C13H17ClN2O4. The summed E-state index contributed by atoms with van der Waals surface area (Å²) in [6.45, 7) is 3.11. The summed E-state index contributed by atoms with van der Waals surface area (Å²) < 4.78 is 5.38. The van der Waals surface area contributed by atoms with E-state index in [1.54, 1.807) is 25.1 Å². The lowest BCUT2D eigenvalue weighted by atomic mass is 10.1. The van der Waals surface area contributed by atoms with Gasteiger partial charge in [-0.15, -0.1) is 0 Å². The molecule has 6 nitrogen and oxygen atoms in total. The first-order chi connectivity index (χ1) is 9.35. The topological polar surface area (TPSA) is 87.7 Å². The molecule has 3 N–H and O–H groups in total. The van der Waals surface area contributed by atoms with Crippen LogP contribution in [0.4, 0.5) is 4.79 Å². The van der Waals surface area contributed by atoms with E-state index in [1.807, 2.05) is 0 Å². The Hall–Kier alpha value is -1.79. The fourth-order valence-electron chi connectivity index (χ4n) is 1.39. The minimum Gasteiger partial charge on any atom is -0.479 e. The smallest absolute Gasteiger partial charge is 0.321 e. The highest BCUT2D eigenvalue weighted by molar-refractivity contribution is 6.32. The minimum absolute atomic E-state index is 0.281. The predicted molar refractivity (Wildman–Crippen MR) is 74.8 cm³/mol. The molecule has 3 amide bonds. The predicted octanol–water partition coefficient (Wildman–Crippen LogP) is 1.62. The molecule has 1 aromatic carbocycles. The van der Waals surface area contributed by atoms with Gasteiger partial charge in [-0.1, -0.05) is 17.7 Å². The number of halogens is 1. The highest BCUT2D eigenvalue weighted by atomic mass is 35.5. The number of carbonyl (C=O) groups excluding carboxylic acids is 2. The van der Waals surface area contributed by atoms with Gasteiger partial charge in [0.15, 0.2) is 6.10 Å². The van der Waals surface area contributed by atoms with Crippen molar-refractivity contribution in [2.45, 2.75) is 26.1 Å². The molecule has 0 spiro atoms. The summed E-state index contributed by atoms with van der Waals surface area (Å²) >= 11 is 6.01. The van der Waals surface area contributed by atoms with Crippen LogP contribution in [0.1, 0.15) is 25.5 Å². The fourth-order valence-corrected chi connectivity index (χ4v) is 1.63. The van der Waals surface area contributed by atoms with Crippen LogP contribution in [0.5, 0.6) is 5.75 Å². The van der Waals surface area contributed by atoms with E-state index in [-0.39, 0.29) is 5.02 Å². The normalized spacial score (nSPS) is 13.2. The van der Waals surface area contributed by atoms with E-state index < -0.39 is 24.1 Å². The monoisotopic (exact) mass is 300 g/mol. The molecule has 0 saturated carbocycles. The molecule has 2 atom stereocenters. The van der Waals surface area contributed by atoms with Crippen molar-refractivity contribution in [3.05, 3.63) is 28.8 Å². The number of amides is 3. The van der Waals surface area contributed by atoms with Gasteiger partial charge in [-0.25, -0.2) is 4.79 Å². The molecule has 0 aliphatic heterocycles. The van der Waals surface area contributed by atoms with Crippen molar-refractivity contribution in [2.24, 2.45) is 0 Å². The van der Waals surface area contributed by atoms with Crippen molar-refractivity contribution in [3.63, 3.8) is 0 Å². The first kappa shape index (κ1) is 16.3. The molecular weight excluding hydrogens is 284 g/mol. The van der Waals surface area contributed by atoms with Crippen molar-refractivity contribution in [1.82, 2.24) is 10.6 Å². The zero-order valence-electron chi connectivity index (χ0n) is 11.4. The molecule has 7 heteroatoms. The molecule has 0 fully saturated rings. The Morgan fingerprint density at radius 2 is 2.00 bits per heavy atom. The number of aliphatic hydroxyl groups is 1. The molecule has 1 rings (SSSR count). The number of urea groups is 1. The molecule has 0 aliphatic rings. The van der Waals surface area contributed by atoms with E-state index in [0.717, 1.165) is 0 Å². The second kappa shape index (κ2) is 7.12. The van der Waals surface area contributed by atoms with E-state index >= 15 is 0 Å². The quantitative estimate of drug-likeness (QED) is 0.788. The number of benzene rings is 1. The van der Waals surface area contributed by atoms with Crippen molar-refractivity contribution in [1.29, 1.82) is 0 Å². The molecule has 1 aromatic rings. The van der Waals surface area contributed by atoms with Gasteiger partial charge in [-0.3, -0.25) is 10.1 Å². The SMILES string of the molecule is CNC(=O)NC(=O)C(C)Oc1ccc([C@@H](C)O)cc1Cl. The molecule has 0 saturated heterocycles. The number of nitrogens with one attached hydrogen (secondary N) is 2. The summed E-state index contributed by atoms with van der Waals surface area (Å²) in [5.41, 5.74) is 0.643. The van der Waals surface area contributed by atoms with Gasteiger partial charge in [0, 0.05) is 7.05 Å². The van der Waals surface area contributed by atoms with Gasteiger partial charge in [0.1, 0.15) is 5.75 Å². The van der Waals surface area contributed by atoms with Crippen LogP contribution >= 0.6 is 11.6 Å². The molecule has 1 unspecified atom stereocenters. The summed E-state index contributed by atoms with van der Waals surface area (Å²) in [7, 11) is 1.40. The van der Waals surface area contributed by atoms with Crippen molar-refractivity contribution < 1.29 is 19.4 Å². The van der Waals surface area contributed by atoms with Gasteiger partial charge in [0.25, 0.3) is 5.91 Å². The number of rotatable bonds is 4. The second-order valence-electron chi connectivity index (χ2n) is 4.19. The lowest BCUT2D eigenvalue weighted by Gasteiger charge is -2.16. The Bertz CT molecular complexity index is 505. The summed E-state index contributed by atoms with van der Waals surface area (Å²) in [6, 6.07) is 4.16. The average molecular weight is 301 g/mol. The van der Waals surface area contributed by atoms with Crippen LogP contribution in [0.15, 0.2) is 18.2 Å². The second-order valence-corrected chi connectivity index (χ2v) is 4.60. The van der Waals surface area contributed by atoms with E-state index in [0.29, 0.717) is 11.3 Å². The lowest BCUT2D eigenvalue weighted by Crippen LogP contribution is -2.43. The first-order valence-electron chi connectivity index (χ1n) is 6.02. The van der Waals surface area contributed by atoms with Gasteiger partial charge in [-0.2, -0.15) is 0 Å². The molecule has 0 heterocycles. The van der Waals surface area contributed by atoms with Crippen LogP contribution in [0, 0.1) is 0 Å². The van der Waals surface area contributed by atoms with Gasteiger partial charge >= 0.3 is 6.03 Å². The Kier molecular flexibility index (Phi) is 5.79. The standard InChI is InChI=1S/C13H17ClN2O4/c1-7(17)9-4-5-11(10(14)6-9)20-8(2)12(18)16-13(19)15-3/h4-8,17H,1-3H3,(H2,15,16,18,19)/t7-,8?/m1/s1. The Morgan fingerprint density at radius 1 is 1.35 bits per heavy atom. The van der Waals surface area contributed by atoms with Crippen LogP contribution < -0.4 is 15.4 Å². The molecule has 20 heavy (non-hydrogen) atoms. The Morgan fingerprint density at radius 3 is 2.50 bits per heavy atom. The molecule has 0 aromatic heterocycles. The van der Waals surface area contributed by atoms with Gasteiger partial charge in [-0.05, 0) is 31.5 Å². The van der Waals surface area contributed by atoms with Gasteiger partial charge < -0.3 is 15.2 Å². The molecule has 0 aliphatic carbocycles. The van der Waals surface area contributed by atoms with Gasteiger partial charge in [0.05, 0.1) is 11.1 Å². The fraction of sp³-hybridized carbons (Fsp3) is 0.385. The van der Waals surface area contributed by atoms with Crippen molar-refractivity contribution in [3.8, 4) is 5.75 Å². The maximum atomic E-state index is 11.6. The van der Waals surface area contributed by atoms with Gasteiger partial charge in [0.2, 0.25) is 0 Å². The zero-order chi connectivity index (χ0) is 15.3. The number of aliphatic hydroxyl groups excluding tert-OH is 1.